The number of anilines is 1. The normalized spacial score (nSPS) is 14.1. The van der Waals surface area contributed by atoms with E-state index in [4.69, 9.17) is 9.15 Å². The maximum Gasteiger partial charge on any atom is 0.414 e. The van der Waals surface area contributed by atoms with Crippen molar-refractivity contribution in [3.8, 4) is 0 Å². The van der Waals surface area contributed by atoms with Crippen molar-refractivity contribution in [3.63, 3.8) is 0 Å². The van der Waals surface area contributed by atoms with Crippen LogP contribution in [0.25, 0.3) is 0 Å². The molecule has 0 aromatic carbocycles. The molecule has 1 aromatic rings. The molecule has 4 nitrogen and oxygen atoms in total. The lowest BCUT2D eigenvalue weighted by Gasteiger charge is -2.15. The molecule has 0 aliphatic heterocycles. The summed E-state index contributed by atoms with van der Waals surface area (Å²) in [5.74, 6) is 2.90. The number of hydrogen-bond donors (Lipinski definition) is 1. The molecule has 166 valence electrons. The molecule has 0 saturated carbocycles. The Balaban J connectivity index is 2.03. The summed E-state index contributed by atoms with van der Waals surface area (Å²) in [4.78, 5) is 11.6. The lowest BCUT2D eigenvalue weighted by Crippen LogP contribution is -2.13. The summed E-state index contributed by atoms with van der Waals surface area (Å²) in [5.41, 5.74) is 1.28. The molecule has 0 fully saturated rings. The lowest BCUT2D eigenvalue weighted by atomic mass is 9.91. The van der Waals surface area contributed by atoms with E-state index in [9.17, 15) is 4.79 Å². The number of carbonyl (C=O) groups is 1. The molecule has 1 heterocycles. The quantitative estimate of drug-likeness (QED) is 0.299. The number of ether oxygens (including phenoxy) is 1. The Morgan fingerprint density at radius 1 is 1.03 bits per heavy atom. The molecule has 2 atom stereocenters. The number of hydrogen-bond acceptors (Lipinski definition) is 3. The highest BCUT2D eigenvalue weighted by Crippen LogP contribution is 2.22. The first-order valence-corrected chi connectivity index (χ1v) is 11.5. The fraction of sp³-hybridized carbons (Fsp3) is 0.720. The molecule has 0 aliphatic carbocycles. The van der Waals surface area contributed by atoms with E-state index in [1.165, 1.54) is 63.2 Å². The fourth-order valence-corrected chi connectivity index (χ4v) is 3.56. The Kier molecular flexibility index (Phi) is 13.3. The van der Waals surface area contributed by atoms with Crippen molar-refractivity contribution in [1.82, 2.24) is 0 Å². The zero-order valence-electron chi connectivity index (χ0n) is 19.3. The molecule has 1 N–H and O–H groups in total. The van der Waals surface area contributed by atoms with Crippen LogP contribution in [0.4, 0.5) is 10.7 Å². The smallest absolute Gasteiger partial charge is 0.414 e. The highest BCUT2D eigenvalue weighted by Gasteiger charge is 2.07. The van der Waals surface area contributed by atoms with Gasteiger partial charge >= 0.3 is 6.09 Å². The van der Waals surface area contributed by atoms with E-state index in [0.717, 1.165) is 24.2 Å². The second-order valence-electron chi connectivity index (χ2n) is 9.11. The maximum atomic E-state index is 11.6. The van der Waals surface area contributed by atoms with E-state index in [2.05, 4.69) is 39.9 Å². The summed E-state index contributed by atoms with van der Waals surface area (Å²) >= 11 is 0. The Bertz CT molecular complexity index is 563. The van der Waals surface area contributed by atoms with Gasteiger partial charge in [-0.15, -0.1) is 0 Å². The standard InChI is InChI=1S/C25H43NO3/c1-20(2)10-6-11-21(3)12-7-13-22(4)14-8-15-23(5)17-19-29-25(27)26-24-16-9-18-28-24/h9,16-18,20-22H,6-8,10-15,19H2,1-5H3,(H,26,27)/b23-17+. The Labute approximate surface area is 178 Å². The van der Waals surface area contributed by atoms with Gasteiger partial charge in [0.1, 0.15) is 6.61 Å². The SMILES string of the molecule is C/C(=C\COC(=O)Nc1ccco1)CCCC(C)CCCC(C)CCCC(C)C. The lowest BCUT2D eigenvalue weighted by molar-refractivity contribution is 0.173. The molecule has 0 spiro atoms. The third-order valence-electron chi connectivity index (χ3n) is 5.53. The maximum absolute atomic E-state index is 11.6. The Hall–Kier alpha value is -1.71. The van der Waals surface area contributed by atoms with Crippen LogP contribution in [-0.4, -0.2) is 12.7 Å². The van der Waals surface area contributed by atoms with Crippen LogP contribution < -0.4 is 5.32 Å². The number of amides is 1. The number of carbonyl (C=O) groups excluding carboxylic acids is 1. The van der Waals surface area contributed by atoms with Gasteiger partial charge in [-0.3, -0.25) is 5.32 Å². The van der Waals surface area contributed by atoms with Gasteiger partial charge in [0.2, 0.25) is 5.88 Å². The zero-order valence-corrected chi connectivity index (χ0v) is 19.3. The zero-order chi connectivity index (χ0) is 21.5. The van der Waals surface area contributed by atoms with Gasteiger partial charge < -0.3 is 9.15 Å². The average Bonchev–Trinajstić information content (AvgIpc) is 3.14. The van der Waals surface area contributed by atoms with Crippen molar-refractivity contribution < 1.29 is 13.9 Å². The minimum Gasteiger partial charge on any atom is -0.448 e. The fourth-order valence-electron chi connectivity index (χ4n) is 3.56. The van der Waals surface area contributed by atoms with Gasteiger partial charge in [0, 0.05) is 6.07 Å². The first kappa shape index (κ1) is 25.3. The van der Waals surface area contributed by atoms with Crippen molar-refractivity contribution in [2.75, 3.05) is 11.9 Å². The largest absolute Gasteiger partial charge is 0.448 e. The van der Waals surface area contributed by atoms with Gasteiger partial charge in [0.05, 0.1) is 6.26 Å². The molecule has 0 saturated heterocycles. The Morgan fingerprint density at radius 3 is 2.24 bits per heavy atom. The van der Waals surface area contributed by atoms with Gasteiger partial charge in [-0.1, -0.05) is 78.2 Å². The van der Waals surface area contributed by atoms with Gasteiger partial charge in [-0.05, 0) is 49.7 Å². The van der Waals surface area contributed by atoms with Gasteiger partial charge in [-0.25, -0.2) is 4.79 Å². The van der Waals surface area contributed by atoms with Crippen LogP contribution in [0, 0.1) is 17.8 Å². The molecule has 1 aromatic heterocycles. The summed E-state index contributed by atoms with van der Waals surface area (Å²) < 4.78 is 10.2. The molecule has 0 aliphatic rings. The highest BCUT2D eigenvalue weighted by molar-refractivity contribution is 5.82. The summed E-state index contributed by atoms with van der Waals surface area (Å²) in [6, 6.07) is 3.40. The Morgan fingerprint density at radius 2 is 1.66 bits per heavy atom. The van der Waals surface area contributed by atoms with Crippen molar-refractivity contribution in [3.05, 3.63) is 30.0 Å². The molecular formula is C25H43NO3. The monoisotopic (exact) mass is 405 g/mol. The van der Waals surface area contributed by atoms with Gasteiger partial charge in [0.15, 0.2) is 0 Å². The summed E-state index contributed by atoms with van der Waals surface area (Å²) in [6.07, 6.45) is 14.8. The molecular weight excluding hydrogens is 362 g/mol. The van der Waals surface area contributed by atoms with Crippen LogP contribution in [0.15, 0.2) is 34.5 Å². The first-order valence-electron chi connectivity index (χ1n) is 11.5. The predicted octanol–water partition coefficient (Wildman–Crippen LogP) is 8.21. The highest BCUT2D eigenvalue weighted by atomic mass is 16.5. The third kappa shape index (κ3) is 14.0. The van der Waals surface area contributed by atoms with E-state index in [-0.39, 0.29) is 0 Å². The van der Waals surface area contributed by atoms with Crippen molar-refractivity contribution in [1.29, 1.82) is 0 Å². The van der Waals surface area contributed by atoms with Crippen LogP contribution >= 0.6 is 0 Å². The predicted molar refractivity (Wildman–Crippen MR) is 122 cm³/mol. The minimum atomic E-state index is -0.490. The summed E-state index contributed by atoms with van der Waals surface area (Å²) in [6.45, 7) is 11.8. The van der Waals surface area contributed by atoms with Crippen molar-refractivity contribution >= 4 is 12.0 Å². The van der Waals surface area contributed by atoms with Crippen LogP contribution in [0.3, 0.4) is 0 Å². The first-order chi connectivity index (χ1) is 13.9. The molecule has 29 heavy (non-hydrogen) atoms. The minimum absolute atomic E-state index is 0.294. The molecule has 0 radical (unpaired) electrons. The number of nitrogens with one attached hydrogen (secondary N) is 1. The second kappa shape index (κ2) is 15.2. The topological polar surface area (TPSA) is 51.5 Å². The van der Waals surface area contributed by atoms with Crippen molar-refractivity contribution in [2.24, 2.45) is 17.8 Å². The molecule has 0 bridgehead atoms. The molecule has 2 unspecified atom stereocenters. The summed E-state index contributed by atoms with van der Waals surface area (Å²) in [5, 5.41) is 2.54. The van der Waals surface area contributed by atoms with E-state index >= 15 is 0 Å². The van der Waals surface area contributed by atoms with Crippen LogP contribution in [0.5, 0.6) is 0 Å². The van der Waals surface area contributed by atoms with Crippen molar-refractivity contribution in [2.45, 2.75) is 92.4 Å². The van der Waals surface area contributed by atoms with Crippen LogP contribution in [0.1, 0.15) is 92.4 Å². The summed E-state index contributed by atoms with van der Waals surface area (Å²) in [7, 11) is 0. The molecule has 1 rings (SSSR count). The third-order valence-corrected chi connectivity index (χ3v) is 5.53. The number of furan rings is 1. The van der Waals surface area contributed by atoms with Gasteiger partial charge in [-0.2, -0.15) is 0 Å². The van der Waals surface area contributed by atoms with Gasteiger partial charge in [0.25, 0.3) is 0 Å². The number of allylic oxidation sites excluding steroid dienone is 1. The molecule has 1 amide bonds. The van der Waals surface area contributed by atoms with Crippen LogP contribution in [0.2, 0.25) is 0 Å². The second-order valence-corrected chi connectivity index (χ2v) is 9.11. The molecule has 4 heteroatoms. The van der Waals surface area contributed by atoms with Crippen LogP contribution in [-0.2, 0) is 4.74 Å². The number of rotatable bonds is 15. The van der Waals surface area contributed by atoms with E-state index in [0.29, 0.717) is 12.5 Å². The van der Waals surface area contributed by atoms with E-state index < -0.39 is 6.09 Å². The van der Waals surface area contributed by atoms with E-state index in [1.807, 2.05) is 6.08 Å². The average molecular weight is 406 g/mol. The van der Waals surface area contributed by atoms with E-state index in [1.54, 1.807) is 12.1 Å².